The second-order valence-electron chi connectivity index (χ2n) is 6.49. The molecule has 180 valence electrons. The van der Waals surface area contributed by atoms with Gasteiger partial charge in [0.05, 0.1) is 5.57 Å². The molecule has 1 amide bonds. The molecule has 0 unspecified atom stereocenters. The van der Waals surface area contributed by atoms with Gasteiger partial charge in [-0.2, -0.15) is 26.3 Å². The van der Waals surface area contributed by atoms with E-state index >= 15 is 0 Å². The Morgan fingerprint density at radius 2 is 1.62 bits per heavy atom. The fourth-order valence-corrected chi connectivity index (χ4v) is 2.55. The predicted octanol–water partition coefficient (Wildman–Crippen LogP) is 3.03. The second kappa shape index (κ2) is 9.40. The van der Waals surface area contributed by atoms with Crippen molar-refractivity contribution in [2.24, 2.45) is 5.73 Å². The quantitative estimate of drug-likeness (QED) is 0.385. The number of rotatable bonds is 7. The van der Waals surface area contributed by atoms with Crippen LogP contribution >= 0.6 is 0 Å². The molecule has 3 aromatic heterocycles. The number of carbonyl (C=O) groups excluding carboxylic acids is 1. The molecule has 3 aromatic rings. The minimum atomic E-state index is -5.15. The van der Waals surface area contributed by atoms with Gasteiger partial charge in [-0.1, -0.05) is 0 Å². The lowest BCUT2D eigenvalue weighted by Crippen LogP contribution is -2.15. The van der Waals surface area contributed by atoms with E-state index in [1.807, 2.05) is 0 Å². The summed E-state index contributed by atoms with van der Waals surface area (Å²) in [7, 11) is 0. The fraction of sp³-hybridized carbons (Fsp3) is 0.222. The molecule has 0 atom stereocenters. The van der Waals surface area contributed by atoms with E-state index in [2.05, 4.69) is 30.4 Å². The molecule has 3 N–H and O–H groups in total. The minimum absolute atomic E-state index is 0.0410. The van der Waals surface area contributed by atoms with Gasteiger partial charge in [-0.05, 0) is 12.1 Å². The molecule has 0 bridgehead atoms. The Hall–Kier alpha value is -4.11. The van der Waals surface area contributed by atoms with Gasteiger partial charge in [-0.3, -0.25) is 4.79 Å². The highest BCUT2D eigenvalue weighted by molar-refractivity contribution is 6.22. The molecule has 0 aliphatic heterocycles. The van der Waals surface area contributed by atoms with Gasteiger partial charge in [-0.15, -0.1) is 5.10 Å². The largest absolute Gasteiger partial charge is 0.433 e. The first kappa shape index (κ1) is 24.5. The minimum Gasteiger partial charge on any atom is -0.366 e. The van der Waals surface area contributed by atoms with Gasteiger partial charge in [0.1, 0.15) is 24.4 Å². The number of hydrogen-bond acceptors (Lipinski definition) is 7. The Morgan fingerprint density at radius 1 is 1.03 bits per heavy atom. The van der Waals surface area contributed by atoms with Crippen LogP contribution < -0.4 is 11.1 Å². The van der Waals surface area contributed by atoms with Crippen molar-refractivity contribution in [3.8, 4) is 11.4 Å². The van der Waals surface area contributed by atoms with E-state index in [9.17, 15) is 35.5 Å². The monoisotopic (exact) mass is 490 g/mol. The Balaban J connectivity index is 1.98. The summed E-state index contributed by atoms with van der Waals surface area (Å²) in [5, 5.41) is 6.36. The molecule has 0 aliphatic carbocycles. The van der Waals surface area contributed by atoms with Crippen LogP contribution in [0.3, 0.4) is 0 Å². The zero-order chi connectivity index (χ0) is 25.1. The molecule has 34 heavy (non-hydrogen) atoms. The van der Waals surface area contributed by atoms with Crippen LogP contribution in [0.5, 0.6) is 0 Å². The maximum atomic E-state index is 13.0. The van der Waals surface area contributed by atoms with Crippen LogP contribution in [0.25, 0.3) is 23.2 Å². The number of aromatic nitrogens is 6. The van der Waals surface area contributed by atoms with E-state index in [0.717, 1.165) is 17.2 Å². The van der Waals surface area contributed by atoms with Crippen molar-refractivity contribution in [3.63, 3.8) is 0 Å². The first-order chi connectivity index (χ1) is 15.9. The highest BCUT2D eigenvalue weighted by Crippen LogP contribution is 2.35. The molecule has 0 saturated carbocycles. The highest BCUT2D eigenvalue weighted by Gasteiger charge is 2.39. The van der Waals surface area contributed by atoms with Gasteiger partial charge < -0.3 is 11.1 Å². The average Bonchev–Trinajstić information content (AvgIpc) is 3.23. The molecular weight excluding hydrogens is 477 g/mol. The van der Waals surface area contributed by atoms with Crippen molar-refractivity contribution < 1.29 is 35.5 Å². The number of nitrogens with one attached hydrogen (secondary N) is 1. The molecule has 9 nitrogen and oxygen atoms in total. The van der Waals surface area contributed by atoms with Crippen molar-refractivity contribution in [3.05, 3.63) is 47.8 Å². The summed E-state index contributed by atoms with van der Waals surface area (Å²) in [4.78, 5) is 25.9. The number of anilines is 1. The molecule has 0 aliphatic rings. The number of carbonyl (C=O) groups is 1. The van der Waals surface area contributed by atoms with E-state index in [1.54, 1.807) is 0 Å². The molecule has 0 spiro atoms. The van der Waals surface area contributed by atoms with Crippen LogP contribution in [0.15, 0.2) is 30.9 Å². The SMILES string of the molecule is NC(=O)/C(=C/n1cnc(-c2cc(C(F)(F)F)nc(C(F)(F)F)c2)n1)c1cnc(NCCF)nc1. The molecule has 16 heteroatoms. The number of alkyl halides is 7. The van der Waals surface area contributed by atoms with Crippen LogP contribution in [-0.4, -0.2) is 48.8 Å². The lowest BCUT2D eigenvalue weighted by molar-refractivity contribution is -0.150. The standard InChI is InChI=1S/C18H13F7N8O/c19-1-2-27-16-28-5-10(6-29-16)11(14(26)34)7-33-8-30-15(32-33)9-3-12(17(20,21)22)31-13(4-9)18(23,24)25/h3-8H,1-2H2,(H2,26,34)(H,27,28,29)/b11-7+. The summed E-state index contributed by atoms with van der Waals surface area (Å²) < 4.78 is 91.3. The summed E-state index contributed by atoms with van der Waals surface area (Å²) in [5.74, 6) is -1.39. The molecule has 0 aromatic carbocycles. The predicted molar refractivity (Wildman–Crippen MR) is 103 cm³/mol. The Morgan fingerprint density at radius 3 is 2.12 bits per heavy atom. The highest BCUT2D eigenvalue weighted by atomic mass is 19.4. The summed E-state index contributed by atoms with van der Waals surface area (Å²) in [6, 6.07) is 0.731. The average molecular weight is 490 g/mol. The number of primary amides is 1. The zero-order valence-electron chi connectivity index (χ0n) is 16.7. The van der Waals surface area contributed by atoms with Crippen LogP contribution in [0.4, 0.5) is 36.7 Å². The Bertz CT molecular complexity index is 1170. The molecule has 0 fully saturated rings. The second-order valence-corrected chi connectivity index (χ2v) is 6.49. The van der Waals surface area contributed by atoms with Crippen molar-refractivity contribution >= 4 is 23.6 Å². The van der Waals surface area contributed by atoms with Crippen molar-refractivity contribution in [1.29, 1.82) is 0 Å². The van der Waals surface area contributed by atoms with Gasteiger partial charge in [0.25, 0.3) is 5.91 Å². The van der Waals surface area contributed by atoms with Gasteiger partial charge in [0, 0.05) is 36.3 Å². The molecular formula is C18H13F7N8O. The third kappa shape index (κ3) is 5.81. The van der Waals surface area contributed by atoms with Crippen molar-refractivity contribution in [1.82, 2.24) is 29.7 Å². The van der Waals surface area contributed by atoms with Gasteiger partial charge in [0.15, 0.2) is 5.82 Å². The van der Waals surface area contributed by atoms with E-state index in [1.165, 1.54) is 12.4 Å². The van der Waals surface area contributed by atoms with Crippen molar-refractivity contribution in [2.45, 2.75) is 12.4 Å². The number of halogens is 7. The zero-order valence-corrected chi connectivity index (χ0v) is 16.7. The van der Waals surface area contributed by atoms with Gasteiger partial charge >= 0.3 is 12.4 Å². The normalized spacial score (nSPS) is 12.6. The van der Waals surface area contributed by atoms with Crippen LogP contribution in [0.2, 0.25) is 0 Å². The van der Waals surface area contributed by atoms with E-state index < -0.39 is 47.7 Å². The molecule has 3 heterocycles. The third-order valence-electron chi connectivity index (χ3n) is 4.04. The number of pyridine rings is 1. The first-order valence-electron chi connectivity index (χ1n) is 9.10. The number of hydrogen-bond donors (Lipinski definition) is 2. The third-order valence-corrected chi connectivity index (χ3v) is 4.04. The van der Waals surface area contributed by atoms with Crippen LogP contribution in [0.1, 0.15) is 17.0 Å². The summed E-state index contributed by atoms with van der Waals surface area (Å²) in [6.45, 7) is -0.709. The summed E-state index contributed by atoms with van der Waals surface area (Å²) >= 11 is 0. The smallest absolute Gasteiger partial charge is 0.366 e. The van der Waals surface area contributed by atoms with E-state index in [4.69, 9.17) is 5.73 Å². The lowest BCUT2D eigenvalue weighted by atomic mass is 10.1. The Labute approximate surface area is 185 Å². The van der Waals surface area contributed by atoms with Crippen LogP contribution in [0, 0.1) is 0 Å². The first-order valence-corrected chi connectivity index (χ1v) is 9.10. The number of nitrogens with two attached hydrogens (primary N) is 1. The van der Waals surface area contributed by atoms with E-state index in [-0.39, 0.29) is 23.6 Å². The molecule has 0 saturated heterocycles. The lowest BCUT2D eigenvalue weighted by Gasteiger charge is -2.11. The van der Waals surface area contributed by atoms with Gasteiger partial charge in [0.2, 0.25) is 5.95 Å². The van der Waals surface area contributed by atoms with E-state index in [0.29, 0.717) is 12.1 Å². The molecule has 3 rings (SSSR count). The fourth-order valence-electron chi connectivity index (χ4n) is 2.55. The maximum Gasteiger partial charge on any atom is 0.433 e. The van der Waals surface area contributed by atoms with Crippen LogP contribution in [-0.2, 0) is 17.1 Å². The number of amides is 1. The maximum absolute atomic E-state index is 13.0. The summed E-state index contributed by atoms with van der Waals surface area (Å²) in [6.07, 6.45) is -5.95. The summed E-state index contributed by atoms with van der Waals surface area (Å²) in [5.41, 5.74) is 1.09. The van der Waals surface area contributed by atoms with Crippen molar-refractivity contribution in [2.75, 3.05) is 18.5 Å². The van der Waals surface area contributed by atoms with Gasteiger partial charge in [-0.25, -0.2) is 29.0 Å². The number of nitrogens with zero attached hydrogens (tertiary/aromatic N) is 6. The Kier molecular flexibility index (Phi) is 6.78. The topological polar surface area (TPSA) is 125 Å². The molecule has 0 radical (unpaired) electrons.